The Morgan fingerprint density at radius 2 is 2.14 bits per heavy atom. The minimum Gasteiger partial charge on any atom is -0.457 e. The van der Waals surface area contributed by atoms with Gasteiger partial charge in [0.2, 0.25) is 0 Å². The summed E-state index contributed by atoms with van der Waals surface area (Å²) in [6, 6.07) is 8.95. The topological polar surface area (TPSA) is 79.4 Å². The minimum absolute atomic E-state index is 0.0798. The van der Waals surface area contributed by atoms with E-state index >= 15 is 0 Å². The summed E-state index contributed by atoms with van der Waals surface area (Å²) < 4.78 is 12.3. The molecule has 0 saturated carbocycles. The van der Waals surface area contributed by atoms with Crippen molar-refractivity contribution in [2.75, 3.05) is 18.9 Å². The molecule has 1 aromatic carbocycles. The molecule has 2 aromatic rings. The van der Waals surface area contributed by atoms with Gasteiger partial charge in [-0.2, -0.15) is 5.10 Å². The van der Waals surface area contributed by atoms with E-state index in [9.17, 15) is 4.79 Å². The predicted molar refractivity (Wildman–Crippen MR) is 77.2 cm³/mol. The first-order valence-electron chi connectivity index (χ1n) is 6.93. The molecule has 0 radical (unpaired) electrons. The molecule has 1 saturated heterocycles. The van der Waals surface area contributed by atoms with Gasteiger partial charge < -0.3 is 15.2 Å². The SMILES string of the molecule is Nc1cccc(-n2ccc(C(=O)OC3CCOCC3)n2)c1. The van der Waals surface area contributed by atoms with Crippen molar-refractivity contribution >= 4 is 11.7 Å². The number of carbonyl (C=O) groups is 1. The molecule has 0 aliphatic carbocycles. The molecule has 6 nitrogen and oxygen atoms in total. The van der Waals surface area contributed by atoms with E-state index in [1.165, 1.54) is 0 Å². The first-order chi connectivity index (χ1) is 10.2. The minimum atomic E-state index is -0.399. The van der Waals surface area contributed by atoms with Crippen LogP contribution in [0.1, 0.15) is 23.3 Å². The molecule has 1 aromatic heterocycles. The number of carbonyl (C=O) groups excluding carboxylic acids is 1. The maximum absolute atomic E-state index is 12.1. The zero-order valence-electron chi connectivity index (χ0n) is 11.6. The third kappa shape index (κ3) is 3.22. The van der Waals surface area contributed by atoms with Crippen molar-refractivity contribution in [1.29, 1.82) is 0 Å². The van der Waals surface area contributed by atoms with Gasteiger partial charge in [0.1, 0.15) is 6.10 Å². The zero-order chi connectivity index (χ0) is 14.7. The molecular formula is C15H17N3O3. The molecule has 1 aliphatic heterocycles. The normalized spacial score (nSPS) is 15.8. The summed E-state index contributed by atoms with van der Waals surface area (Å²) in [4.78, 5) is 12.1. The molecule has 110 valence electrons. The average Bonchev–Trinajstić information content (AvgIpc) is 2.98. The lowest BCUT2D eigenvalue weighted by Gasteiger charge is -2.21. The molecule has 1 aliphatic rings. The number of nitrogens with zero attached hydrogens (tertiary/aromatic N) is 2. The number of hydrogen-bond donors (Lipinski definition) is 1. The van der Waals surface area contributed by atoms with Crippen molar-refractivity contribution < 1.29 is 14.3 Å². The molecule has 0 amide bonds. The van der Waals surface area contributed by atoms with Crippen LogP contribution in [0.25, 0.3) is 5.69 Å². The van der Waals surface area contributed by atoms with Gasteiger partial charge in [-0.25, -0.2) is 9.48 Å². The Hall–Kier alpha value is -2.34. The number of nitrogen functional groups attached to an aromatic ring is 1. The molecule has 0 unspecified atom stereocenters. The van der Waals surface area contributed by atoms with Crippen LogP contribution in [0, 0.1) is 0 Å². The van der Waals surface area contributed by atoms with Crippen molar-refractivity contribution in [3.8, 4) is 5.69 Å². The Kier molecular flexibility index (Phi) is 3.87. The van der Waals surface area contributed by atoms with E-state index in [1.54, 1.807) is 29.1 Å². The molecule has 2 heterocycles. The van der Waals surface area contributed by atoms with E-state index in [1.807, 2.05) is 12.1 Å². The van der Waals surface area contributed by atoms with E-state index in [-0.39, 0.29) is 6.10 Å². The molecular weight excluding hydrogens is 270 g/mol. The predicted octanol–water partition coefficient (Wildman–Crippen LogP) is 1.79. The fraction of sp³-hybridized carbons (Fsp3) is 0.333. The molecule has 0 spiro atoms. The lowest BCUT2D eigenvalue weighted by Crippen LogP contribution is -2.26. The number of ether oxygens (including phenoxy) is 2. The Labute approximate surface area is 122 Å². The summed E-state index contributed by atoms with van der Waals surface area (Å²) >= 11 is 0. The van der Waals surface area contributed by atoms with Crippen molar-refractivity contribution in [3.63, 3.8) is 0 Å². The van der Waals surface area contributed by atoms with Gasteiger partial charge in [0.05, 0.1) is 18.9 Å². The van der Waals surface area contributed by atoms with Crippen LogP contribution in [-0.4, -0.2) is 35.1 Å². The largest absolute Gasteiger partial charge is 0.457 e. The van der Waals surface area contributed by atoms with Crippen LogP contribution >= 0.6 is 0 Å². The smallest absolute Gasteiger partial charge is 0.359 e. The highest BCUT2D eigenvalue weighted by molar-refractivity contribution is 5.87. The van der Waals surface area contributed by atoms with Gasteiger partial charge >= 0.3 is 5.97 Å². The quantitative estimate of drug-likeness (QED) is 0.687. The highest BCUT2D eigenvalue weighted by Crippen LogP contribution is 2.15. The third-order valence-corrected chi connectivity index (χ3v) is 3.37. The fourth-order valence-corrected chi connectivity index (χ4v) is 2.25. The Morgan fingerprint density at radius 3 is 2.90 bits per heavy atom. The summed E-state index contributed by atoms with van der Waals surface area (Å²) in [7, 11) is 0. The van der Waals surface area contributed by atoms with Crippen molar-refractivity contribution in [2.45, 2.75) is 18.9 Å². The van der Waals surface area contributed by atoms with Crippen LogP contribution in [0.2, 0.25) is 0 Å². The Bertz CT molecular complexity index is 633. The molecule has 3 rings (SSSR count). The van der Waals surface area contributed by atoms with Crippen LogP contribution in [0.15, 0.2) is 36.5 Å². The molecule has 1 fully saturated rings. The van der Waals surface area contributed by atoms with Gasteiger partial charge in [0.15, 0.2) is 5.69 Å². The van der Waals surface area contributed by atoms with Crippen molar-refractivity contribution in [2.24, 2.45) is 0 Å². The van der Waals surface area contributed by atoms with E-state index in [4.69, 9.17) is 15.2 Å². The van der Waals surface area contributed by atoms with Gasteiger partial charge in [-0.05, 0) is 24.3 Å². The van der Waals surface area contributed by atoms with Gasteiger partial charge in [-0.1, -0.05) is 6.07 Å². The number of aromatic nitrogens is 2. The van der Waals surface area contributed by atoms with Gasteiger partial charge in [0, 0.05) is 24.7 Å². The van der Waals surface area contributed by atoms with Crippen LogP contribution in [0.4, 0.5) is 5.69 Å². The molecule has 2 N–H and O–H groups in total. The highest BCUT2D eigenvalue weighted by atomic mass is 16.6. The van der Waals surface area contributed by atoms with Crippen molar-refractivity contribution in [3.05, 3.63) is 42.2 Å². The number of anilines is 1. The first kappa shape index (κ1) is 13.6. The van der Waals surface area contributed by atoms with E-state index < -0.39 is 5.97 Å². The molecule has 21 heavy (non-hydrogen) atoms. The maximum atomic E-state index is 12.1. The summed E-state index contributed by atoms with van der Waals surface area (Å²) in [6.07, 6.45) is 3.11. The fourth-order valence-electron chi connectivity index (χ4n) is 2.25. The molecule has 0 bridgehead atoms. The first-order valence-corrected chi connectivity index (χ1v) is 6.93. The summed E-state index contributed by atoms with van der Waals surface area (Å²) in [5.41, 5.74) is 7.49. The number of nitrogens with two attached hydrogens (primary N) is 1. The second-order valence-corrected chi connectivity index (χ2v) is 4.96. The van der Waals surface area contributed by atoms with Gasteiger partial charge in [-0.3, -0.25) is 0 Å². The van der Waals surface area contributed by atoms with Crippen LogP contribution < -0.4 is 5.73 Å². The van der Waals surface area contributed by atoms with Crippen LogP contribution in [0.5, 0.6) is 0 Å². The van der Waals surface area contributed by atoms with Crippen molar-refractivity contribution in [1.82, 2.24) is 9.78 Å². The highest BCUT2D eigenvalue weighted by Gasteiger charge is 2.20. The monoisotopic (exact) mass is 287 g/mol. The molecule has 6 heteroatoms. The van der Waals surface area contributed by atoms with E-state index in [0.717, 1.165) is 18.5 Å². The standard InChI is InChI=1S/C15H17N3O3/c16-11-2-1-3-12(10-11)18-7-4-14(17-18)15(19)21-13-5-8-20-9-6-13/h1-4,7,10,13H,5-6,8-9,16H2. The molecule has 0 atom stereocenters. The number of hydrogen-bond acceptors (Lipinski definition) is 5. The summed E-state index contributed by atoms with van der Waals surface area (Å²) in [5.74, 6) is -0.399. The summed E-state index contributed by atoms with van der Waals surface area (Å²) in [5, 5.41) is 4.24. The van der Waals surface area contributed by atoms with Crippen LogP contribution in [-0.2, 0) is 9.47 Å². The van der Waals surface area contributed by atoms with Gasteiger partial charge in [-0.15, -0.1) is 0 Å². The third-order valence-electron chi connectivity index (χ3n) is 3.37. The lowest BCUT2D eigenvalue weighted by molar-refractivity contribution is -0.0163. The lowest BCUT2D eigenvalue weighted by atomic mass is 10.1. The van der Waals surface area contributed by atoms with Gasteiger partial charge in [0.25, 0.3) is 0 Å². The number of benzene rings is 1. The average molecular weight is 287 g/mol. The number of rotatable bonds is 3. The Balaban J connectivity index is 1.70. The summed E-state index contributed by atoms with van der Waals surface area (Å²) in [6.45, 7) is 1.27. The zero-order valence-corrected chi connectivity index (χ0v) is 11.6. The maximum Gasteiger partial charge on any atom is 0.359 e. The Morgan fingerprint density at radius 1 is 1.33 bits per heavy atom. The van der Waals surface area contributed by atoms with E-state index in [0.29, 0.717) is 24.6 Å². The second-order valence-electron chi connectivity index (χ2n) is 4.96. The van der Waals surface area contributed by atoms with E-state index in [2.05, 4.69) is 5.10 Å². The number of esters is 1. The second kappa shape index (κ2) is 5.97. The van der Waals surface area contributed by atoms with Crippen LogP contribution in [0.3, 0.4) is 0 Å².